The molecule has 0 radical (unpaired) electrons. The summed E-state index contributed by atoms with van der Waals surface area (Å²) in [7, 11) is -3.09. The summed E-state index contributed by atoms with van der Waals surface area (Å²) in [6.45, 7) is 7.44. The van der Waals surface area contributed by atoms with E-state index in [1.807, 2.05) is 6.07 Å². The Balaban J connectivity index is 0.00000392. The maximum absolute atomic E-state index is 11.7. The zero-order valence-corrected chi connectivity index (χ0v) is 18.5. The minimum absolute atomic E-state index is 0. The minimum Gasteiger partial charge on any atom is -0.300 e. The van der Waals surface area contributed by atoms with Crippen molar-refractivity contribution in [2.75, 3.05) is 32.4 Å². The van der Waals surface area contributed by atoms with E-state index in [0.717, 1.165) is 44.3 Å². The first kappa shape index (κ1) is 24.8. The van der Waals surface area contributed by atoms with Gasteiger partial charge >= 0.3 is 0 Å². The van der Waals surface area contributed by atoms with Crippen LogP contribution in [-0.2, 0) is 16.4 Å². The summed E-state index contributed by atoms with van der Waals surface area (Å²) in [4.78, 5) is 13.1. The number of sulfonamides is 1. The molecule has 1 aliphatic heterocycles. The first-order valence-electron chi connectivity index (χ1n) is 9.63. The number of nitrogens with zero attached hydrogens (tertiary/aromatic N) is 3. The maximum Gasteiger partial charge on any atom is 0.269 e. The summed E-state index contributed by atoms with van der Waals surface area (Å²) < 4.78 is 24.9. The molecule has 28 heavy (non-hydrogen) atoms. The Bertz CT molecular complexity index is 736. The van der Waals surface area contributed by atoms with Crippen molar-refractivity contribution in [1.82, 2.24) is 9.21 Å². The molecule has 0 aliphatic carbocycles. The van der Waals surface area contributed by atoms with Crippen molar-refractivity contribution in [2.24, 2.45) is 5.92 Å². The molecule has 0 spiro atoms. The van der Waals surface area contributed by atoms with Crippen LogP contribution >= 0.6 is 12.4 Å². The van der Waals surface area contributed by atoms with E-state index in [2.05, 4.69) is 18.7 Å². The number of non-ortho nitro benzene ring substituents is 1. The molecule has 2 rings (SSSR count). The summed E-state index contributed by atoms with van der Waals surface area (Å²) in [5, 5.41) is 11.0. The summed E-state index contributed by atoms with van der Waals surface area (Å²) in [5.74, 6) is 0.488. The lowest BCUT2D eigenvalue weighted by atomic mass is 9.96. The number of nitro groups is 1. The van der Waals surface area contributed by atoms with Crippen molar-refractivity contribution in [3.05, 3.63) is 39.9 Å². The zero-order chi connectivity index (χ0) is 20.0. The van der Waals surface area contributed by atoms with Crippen LogP contribution in [0.3, 0.4) is 0 Å². The standard InChI is InChI=1S/C19H31N3O4S.ClH/c1-4-10-20(15-17-8-11-21(12-9-17)27(3,25)26)16(2)13-18-6-5-7-19(14-18)22(23)24;/h5-7,14,16-17H,4,8-13,15H2,1-3H3;1H. The van der Waals surface area contributed by atoms with Gasteiger partial charge in [-0.15, -0.1) is 12.4 Å². The zero-order valence-electron chi connectivity index (χ0n) is 16.9. The van der Waals surface area contributed by atoms with Crippen LogP contribution in [0.4, 0.5) is 5.69 Å². The monoisotopic (exact) mass is 433 g/mol. The van der Waals surface area contributed by atoms with Gasteiger partial charge in [0.1, 0.15) is 0 Å². The Morgan fingerprint density at radius 3 is 2.50 bits per heavy atom. The summed E-state index contributed by atoms with van der Waals surface area (Å²) in [5.41, 5.74) is 1.11. The van der Waals surface area contributed by atoms with Gasteiger partial charge in [-0.1, -0.05) is 19.1 Å². The van der Waals surface area contributed by atoms with Gasteiger partial charge in [-0.25, -0.2) is 12.7 Å². The van der Waals surface area contributed by atoms with Crippen LogP contribution < -0.4 is 0 Å². The average molecular weight is 434 g/mol. The lowest BCUT2D eigenvalue weighted by molar-refractivity contribution is -0.384. The second-order valence-electron chi connectivity index (χ2n) is 7.58. The fraction of sp³-hybridized carbons (Fsp3) is 0.684. The molecular formula is C19H32ClN3O4S. The predicted octanol–water partition coefficient (Wildman–Crippen LogP) is 3.33. The van der Waals surface area contributed by atoms with Crippen molar-refractivity contribution >= 4 is 28.1 Å². The molecule has 1 fully saturated rings. The maximum atomic E-state index is 11.7. The third-order valence-corrected chi connectivity index (χ3v) is 6.63. The Kier molecular flexibility index (Phi) is 9.83. The van der Waals surface area contributed by atoms with E-state index in [1.165, 1.54) is 12.3 Å². The number of hydrogen-bond donors (Lipinski definition) is 0. The summed E-state index contributed by atoms with van der Waals surface area (Å²) in [6.07, 6.45) is 4.86. The van der Waals surface area contributed by atoms with Gasteiger partial charge in [-0.3, -0.25) is 10.1 Å². The molecule has 1 aliphatic rings. The highest BCUT2D eigenvalue weighted by Crippen LogP contribution is 2.22. The van der Waals surface area contributed by atoms with Crippen molar-refractivity contribution < 1.29 is 13.3 Å². The van der Waals surface area contributed by atoms with Crippen LogP contribution in [0.1, 0.15) is 38.7 Å². The van der Waals surface area contributed by atoms with E-state index in [0.29, 0.717) is 19.0 Å². The van der Waals surface area contributed by atoms with E-state index >= 15 is 0 Å². The fourth-order valence-corrected chi connectivity index (χ4v) is 4.68. The van der Waals surface area contributed by atoms with E-state index in [-0.39, 0.29) is 29.1 Å². The predicted molar refractivity (Wildman–Crippen MR) is 115 cm³/mol. The molecule has 0 bridgehead atoms. The summed E-state index contributed by atoms with van der Waals surface area (Å²) >= 11 is 0. The van der Waals surface area contributed by atoms with Gasteiger partial charge in [0.15, 0.2) is 0 Å². The molecule has 0 aromatic heterocycles. The van der Waals surface area contributed by atoms with Crippen LogP contribution in [0.2, 0.25) is 0 Å². The number of piperidine rings is 1. The number of benzene rings is 1. The molecule has 0 saturated carbocycles. The Hall–Kier alpha value is -1.22. The molecule has 1 aromatic carbocycles. The molecule has 1 heterocycles. The van der Waals surface area contributed by atoms with Crippen molar-refractivity contribution in [1.29, 1.82) is 0 Å². The van der Waals surface area contributed by atoms with E-state index < -0.39 is 10.0 Å². The molecule has 1 saturated heterocycles. The largest absolute Gasteiger partial charge is 0.300 e. The molecular weight excluding hydrogens is 402 g/mol. The highest BCUT2D eigenvalue weighted by Gasteiger charge is 2.27. The van der Waals surface area contributed by atoms with Crippen molar-refractivity contribution in [3.8, 4) is 0 Å². The van der Waals surface area contributed by atoms with Crippen LogP contribution in [0.25, 0.3) is 0 Å². The molecule has 160 valence electrons. The molecule has 7 nitrogen and oxygen atoms in total. The SMILES string of the molecule is CCCN(CC1CCN(S(C)(=O)=O)CC1)C(C)Cc1cccc([N+](=O)[O-])c1.Cl. The number of nitro benzene ring substituents is 1. The number of hydrogen-bond acceptors (Lipinski definition) is 5. The van der Waals surface area contributed by atoms with E-state index in [9.17, 15) is 18.5 Å². The topological polar surface area (TPSA) is 83.8 Å². The van der Waals surface area contributed by atoms with Crippen LogP contribution in [-0.4, -0.2) is 61.0 Å². The third-order valence-electron chi connectivity index (χ3n) is 5.32. The van der Waals surface area contributed by atoms with Crippen LogP contribution in [0, 0.1) is 16.0 Å². The highest BCUT2D eigenvalue weighted by atomic mass is 35.5. The van der Waals surface area contributed by atoms with Gasteiger partial charge < -0.3 is 4.90 Å². The summed E-state index contributed by atoms with van der Waals surface area (Å²) in [6, 6.07) is 7.14. The number of rotatable bonds is 9. The van der Waals surface area contributed by atoms with E-state index in [4.69, 9.17) is 0 Å². The first-order valence-corrected chi connectivity index (χ1v) is 11.5. The normalized spacial score (nSPS) is 17.3. The van der Waals surface area contributed by atoms with Gasteiger partial charge in [0.25, 0.3) is 5.69 Å². The average Bonchev–Trinajstić information content (AvgIpc) is 2.61. The Morgan fingerprint density at radius 1 is 1.32 bits per heavy atom. The van der Waals surface area contributed by atoms with Crippen LogP contribution in [0.5, 0.6) is 0 Å². The third kappa shape index (κ3) is 7.31. The molecule has 9 heteroatoms. The molecule has 1 unspecified atom stereocenters. The lowest BCUT2D eigenvalue weighted by Crippen LogP contribution is -2.44. The quantitative estimate of drug-likeness (QED) is 0.440. The Morgan fingerprint density at radius 2 is 1.96 bits per heavy atom. The highest BCUT2D eigenvalue weighted by molar-refractivity contribution is 7.88. The molecule has 0 amide bonds. The Labute approximate surface area is 174 Å². The first-order chi connectivity index (χ1) is 12.7. The fourth-order valence-electron chi connectivity index (χ4n) is 3.80. The van der Waals surface area contributed by atoms with Gasteiger partial charge in [0.2, 0.25) is 10.0 Å². The van der Waals surface area contributed by atoms with Crippen molar-refractivity contribution in [2.45, 2.75) is 45.6 Å². The molecule has 0 N–H and O–H groups in total. The smallest absolute Gasteiger partial charge is 0.269 e. The van der Waals surface area contributed by atoms with Gasteiger partial charge in [0, 0.05) is 37.8 Å². The van der Waals surface area contributed by atoms with Gasteiger partial charge in [-0.2, -0.15) is 0 Å². The van der Waals surface area contributed by atoms with E-state index in [1.54, 1.807) is 16.4 Å². The van der Waals surface area contributed by atoms with Crippen LogP contribution in [0.15, 0.2) is 24.3 Å². The van der Waals surface area contributed by atoms with Gasteiger partial charge in [0.05, 0.1) is 11.2 Å². The molecule has 1 aromatic rings. The number of halogens is 1. The second kappa shape index (κ2) is 11.1. The van der Waals surface area contributed by atoms with Gasteiger partial charge in [-0.05, 0) is 50.6 Å². The van der Waals surface area contributed by atoms with Crippen molar-refractivity contribution in [3.63, 3.8) is 0 Å². The molecule has 1 atom stereocenters. The minimum atomic E-state index is -3.09. The lowest BCUT2D eigenvalue weighted by Gasteiger charge is -2.36. The second-order valence-corrected chi connectivity index (χ2v) is 9.56.